The summed E-state index contributed by atoms with van der Waals surface area (Å²) >= 11 is 0. The molecule has 3 heterocycles. The summed E-state index contributed by atoms with van der Waals surface area (Å²) in [5, 5.41) is 1.02. The number of benzene rings is 2. The third kappa shape index (κ3) is 3.17. The van der Waals surface area contributed by atoms with Gasteiger partial charge in [-0.1, -0.05) is 30.3 Å². The van der Waals surface area contributed by atoms with Crippen LogP contribution in [0.3, 0.4) is 0 Å². The Labute approximate surface area is 169 Å². The predicted octanol–water partition coefficient (Wildman–Crippen LogP) is 4.12. The number of nitrogens with zero attached hydrogens (tertiary/aromatic N) is 2. The molecule has 150 valence electrons. The molecule has 0 radical (unpaired) electrons. The van der Waals surface area contributed by atoms with Gasteiger partial charge in [-0.25, -0.2) is 9.18 Å². The molecule has 2 aromatic carbocycles. The van der Waals surface area contributed by atoms with Gasteiger partial charge in [-0.2, -0.15) is 0 Å². The number of likely N-dealkylation sites (tertiary alicyclic amines) is 2. The molecule has 2 fully saturated rings. The molecule has 5 nitrogen and oxygen atoms in total. The van der Waals surface area contributed by atoms with Crippen molar-refractivity contribution in [2.45, 2.75) is 31.0 Å². The summed E-state index contributed by atoms with van der Waals surface area (Å²) in [6.45, 7) is 1.84. The second-order valence-corrected chi connectivity index (χ2v) is 8.06. The number of aromatic nitrogens is 1. The largest absolute Gasteiger partial charge is 0.445 e. The first-order valence-electron chi connectivity index (χ1n) is 10.1. The molecule has 0 spiro atoms. The summed E-state index contributed by atoms with van der Waals surface area (Å²) in [7, 11) is 2.12. The zero-order valence-electron chi connectivity index (χ0n) is 16.3. The molecule has 2 saturated heterocycles. The van der Waals surface area contributed by atoms with E-state index < -0.39 is 0 Å². The van der Waals surface area contributed by atoms with E-state index in [0.717, 1.165) is 35.0 Å². The van der Waals surface area contributed by atoms with E-state index in [-0.39, 0.29) is 36.5 Å². The first-order chi connectivity index (χ1) is 14.1. The smallest absolute Gasteiger partial charge is 0.410 e. The predicted molar refractivity (Wildman–Crippen MR) is 109 cm³/mol. The van der Waals surface area contributed by atoms with Crippen LogP contribution in [0.5, 0.6) is 0 Å². The highest BCUT2D eigenvalue weighted by atomic mass is 19.1. The lowest BCUT2D eigenvalue weighted by Gasteiger charge is -2.24. The highest BCUT2D eigenvalue weighted by Crippen LogP contribution is 2.42. The van der Waals surface area contributed by atoms with Gasteiger partial charge in [0.15, 0.2) is 0 Å². The van der Waals surface area contributed by atoms with E-state index in [2.05, 4.69) is 16.9 Å². The fourth-order valence-corrected chi connectivity index (χ4v) is 5.04. The molecular weight excluding hydrogens is 369 g/mol. The summed E-state index contributed by atoms with van der Waals surface area (Å²) < 4.78 is 19.2. The molecule has 5 rings (SSSR count). The van der Waals surface area contributed by atoms with Crippen molar-refractivity contribution in [1.82, 2.24) is 14.8 Å². The summed E-state index contributed by atoms with van der Waals surface area (Å²) in [6, 6.07) is 15.0. The lowest BCUT2D eigenvalue weighted by atomic mass is 9.91. The molecule has 3 aromatic rings. The van der Waals surface area contributed by atoms with E-state index in [4.69, 9.17) is 4.74 Å². The maximum Gasteiger partial charge on any atom is 0.410 e. The Hall–Kier alpha value is -2.86. The standard InChI is InChI=1S/C23H24FN3O2/c1-26-10-9-21-22(26)19(18-12-25-20-11-16(24)7-8-17(18)20)13-27(21)23(28)29-14-15-5-3-2-4-6-15/h2-8,11-12,19,21-22,25H,9-10,13-14H2,1H3. The number of carbonyl (C=O) groups excluding carboxylic acids is 1. The molecule has 3 unspecified atom stereocenters. The van der Waals surface area contributed by atoms with Crippen molar-refractivity contribution in [3.05, 3.63) is 71.7 Å². The Balaban J connectivity index is 1.40. The average molecular weight is 393 g/mol. The Kier molecular flexibility index (Phi) is 4.51. The quantitative estimate of drug-likeness (QED) is 0.728. The number of carbonyl (C=O) groups is 1. The summed E-state index contributed by atoms with van der Waals surface area (Å²) in [4.78, 5) is 20.3. The third-order valence-corrected chi connectivity index (χ3v) is 6.40. The average Bonchev–Trinajstić information content (AvgIpc) is 3.41. The molecule has 3 atom stereocenters. The summed E-state index contributed by atoms with van der Waals surface area (Å²) in [5.41, 5.74) is 2.92. The summed E-state index contributed by atoms with van der Waals surface area (Å²) in [5.74, 6) is -0.0877. The van der Waals surface area contributed by atoms with E-state index >= 15 is 0 Å². The SMILES string of the molecule is CN1CCC2C1C(c1c[nH]c3cc(F)ccc13)CN2C(=O)OCc1ccccc1. The number of rotatable bonds is 3. The van der Waals surface area contributed by atoms with Gasteiger partial charge in [-0.05, 0) is 42.8 Å². The highest BCUT2D eigenvalue weighted by molar-refractivity contribution is 5.84. The van der Waals surface area contributed by atoms with Crippen LogP contribution in [-0.4, -0.2) is 53.1 Å². The third-order valence-electron chi connectivity index (χ3n) is 6.40. The van der Waals surface area contributed by atoms with Gasteiger partial charge >= 0.3 is 6.09 Å². The van der Waals surface area contributed by atoms with Crippen LogP contribution < -0.4 is 0 Å². The Bertz CT molecular complexity index is 1040. The van der Waals surface area contributed by atoms with E-state index in [1.54, 1.807) is 0 Å². The van der Waals surface area contributed by atoms with Crippen LogP contribution in [0.4, 0.5) is 9.18 Å². The second-order valence-electron chi connectivity index (χ2n) is 8.06. The fourth-order valence-electron chi connectivity index (χ4n) is 5.04. The van der Waals surface area contributed by atoms with Gasteiger partial charge in [0.05, 0.1) is 6.04 Å². The van der Waals surface area contributed by atoms with Gasteiger partial charge in [0.1, 0.15) is 12.4 Å². The van der Waals surface area contributed by atoms with Crippen molar-refractivity contribution in [3.63, 3.8) is 0 Å². The zero-order chi connectivity index (χ0) is 20.0. The molecule has 1 N–H and O–H groups in total. The number of fused-ring (bicyclic) bond motifs is 2. The van der Waals surface area contributed by atoms with Gasteiger partial charge in [-0.3, -0.25) is 0 Å². The van der Waals surface area contributed by atoms with Crippen LogP contribution in [0.2, 0.25) is 0 Å². The van der Waals surface area contributed by atoms with Crippen molar-refractivity contribution in [2.75, 3.05) is 20.1 Å². The van der Waals surface area contributed by atoms with Crippen LogP contribution in [0.25, 0.3) is 10.9 Å². The van der Waals surface area contributed by atoms with Gasteiger partial charge in [-0.15, -0.1) is 0 Å². The van der Waals surface area contributed by atoms with Crippen molar-refractivity contribution in [2.24, 2.45) is 0 Å². The molecule has 0 saturated carbocycles. The lowest BCUT2D eigenvalue weighted by molar-refractivity contribution is 0.0913. The van der Waals surface area contributed by atoms with Crippen LogP contribution in [-0.2, 0) is 11.3 Å². The van der Waals surface area contributed by atoms with Gasteiger partial charge in [0.2, 0.25) is 0 Å². The minimum atomic E-state index is -0.257. The molecule has 1 aromatic heterocycles. The molecule has 29 heavy (non-hydrogen) atoms. The molecular formula is C23H24FN3O2. The van der Waals surface area contributed by atoms with Crippen LogP contribution in [0, 0.1) is 5.82 Å². The minimum absolute atomic E-state index is 0.138. The number of amides is 1. The van der Waals surface area contributed by atoms with Gasteiger partial charge in [0, 0.05) is 42.1 Å². The van der Waals surface area contributed by atoms with Crippen molar-refractivity contribution < 1.29 is 13.9 Å². The van der Waals surface area contributed by atoms with Crippen LogP contribution in [0.15, 0.2) is 54.7 Å². The lowest BCUT2D eigenvalue weighted by Crippen LogP contribution is -2.39. The van der Waals surface area contributed by atoms with E-state index in [1.807, 2.05) is 47.5 Å². The highest BCUT2D eigenvalue weighted by Gasteiger charge is 2.50. The van der Waals surface area contributed by atoms with Crippen molar-refractivity contribution >= 4 is 17.0 Å². The van der Waals surface area contributed by atoms with Crippen molar-refractivity contribution in [3.8, 4) is 0 Å². The maximum absolute atomic E-state index is 13.6. The second kappa shape index (κ2) is 7.19. The maximum atomic E-state index is 13.6. The van der Waals surface area contributed by atoms with E-state index in [0.29, 0.717) is 6.54 Å². The Morgan fingerprint density at radius 2 is 2.07 bits per heavy atom. The summed E-state index contributed by atoms with van der Waals surface area (Å²) in [6.07, 6.45) is 2.65. The molecule has 2 aliphatic rings. The minimum Gasteiger partial charge on any atom is -0.445 e. The van der Waals surface area contributed by atoms with E-state index in [1.165, 1.54) is 12.1 Å². The number of H-pyrrole nitrogens is 1. The number of ether oxygens (including phenoxy) is 1. The fraction of sp³-hybridized carbons (Fsp3) is 0.348. The van der Waals surface area contributed by atoms with Gasteiger partial charge in [0.25, 0.3) is 0 Å². The van der Waals surface area contributed by atoms with E-state index in [9.17, 15) is 9.18 Å². The zero-order valence-corrected chi connectivity index (χ0v) is 16.3. The number of hydrogen-bond donors (Lipinski definition) is 1. The van der Waals surface area contributed by atoms with Crippen LogP contribution in [0.1, 0.15) is 23.5 Å². The Morgan fingerprint density at radius 3 is 2.90 bits per heavy atom. The first-order valence-corrected chi connectivity index (χ1v) is 10.1. The number of halogens is 1. The number of hydrogen-bond acceptors (Lipinski definition) is 3. The van der Waals surface area contributed by atoms with Crippen molar-refractivity contribution in [1.29, 1.82) is 0 Å². The normalized spacial score (nSPS) is 24.2. The number of aromatic amines is 1. The Morgan fingerprint density at radius 1 is 1.24 bits per heavy atom. The molecule has 0 aliphatic carbocycles. The first kappa shape index (κ1) is 18.2. The molecule has 1 amide bonds. The number of nitrogens with one attached hydrogen (secondary N) is 1. The van der Waals surface area contributed by atoms with Crippen LogP contribution >= 0.6 is 0 Å². The molecule has 2 aliphatic heterocycles. The molecule has 0 bridgehead atoms. The molecule has 6 heteroatoms. The topological polar surface area (TPSA) is 48.6 Å². The number of likely N-dealkylation sites (N-methyl/N-ethyl adjacent to an activating group) is 1. The van der Waals surface area contributed by atoms with Gasteiger partial charge < -0.3 is 19.5 Å². The monoisotopic (exact) mass is 393 g/mol.